The fourth-order valence-corrected chi connectivity index (χ4v) is 3.10. The quantitative estimate of drug-likeness (QED) is 0.733. The first kappa shape index (κ1) is 20.8. The number of ether oxygens (including phenoxy) is 1. The summed E-state index contributed by atoms with van der Waals surface area (Å²) < 4.78 is 43.8. The first-order valence-electron chi connectivity index (χ1n) is 7.56. The van der Waals surface area contributed by atoms with Crippen LogP contribution in [0.4, 0.5) is 10.1 Å². The molecule has 10 heteroatoms. The maximum atomic E-state index is 13.9. The van der Waals surface area contributed by atoms with Crippen molar-refractivity contribution >= 4 is 39.2 Å². The summed E-state index contributed by atoms with van der Waals surface area (Å²) in [7, 11) is -1.26. The Labute approximate surface area is 160 Å². The average molecular weight is 415 g/mol. The summed E-state index contributed by atoms with van der Waals surface area (Å²) in [6, 6.07) is 9.18. The Morgan fingerprint density at radius 2 is 1.85 bits per heavy atom. The van der Waals surface area contributed by atoms with E-state index in [1.165, 1.54) is 14.1 Å². The van der Waals surface area contributed by atoms with Gasteiger partial charge in [-0.2, -0.15) is 0 Å². The lowest BCUT2D eigenvalue weighted by atomic mass is 10.2. The monoisotopic (exact) mass is 414 g/mol. The largest absolute Gasteiger partial charge is 0.452 e. The molecule has 0 heterocycles. The third-order valence-electron chi connectivity index (χ3n) is 3.42. The molecule has 1 amide bonds. The zero-order chi connectivity index (χ0) is 20.2. The molecule has 7 nitrogen and oxygen atoms in total. The number of para-hydroxylation sites is 1. The van der Waals surface area contributed by atoms with Crippen LogP contribution >= 0.6 is 11.6 Å². The molecule has 0 atom stereocenters. The van der Waals surface area contributed by atoms with Crippen LogP contribution in [0.3, 0.4) is 0 Å². The molecule has 2 aromatic rings. The first-order chi connectivity index (χ1) is 12.6. The fourth-order valence-electron chi connectivity index (χ4n) is 1.99. The highest BCUT2D eigenvalue weighted by Gasteiger charge is 2.22. The molecule has 144 valence electrons. The summed E-state index contributed by atoms with van der Waals surface area (Å²) in [4.78, 5) is 23.6. The van der Waals surface area contributed by atoms with Gasteiger partial charge in [-0.15, -0.1) is 0 Å². The van der Waals surface area contributed by atoms with Crippen molar-refractivity contribution in [1.82, 2.24) is 4.31 Å². The maximum Gasteiger partial charge on any atom is 0.341 e. The summed E-state index contributed by atoms with van der Waals surface area (Å²) in [5.74, 6) is -2.82. The van der Waals surface area contributed by atoms with Crippen molar-refractivity contribution in [3.05, 3.63) is 58.9 Å². The molecule has 0 aromatic heterocycles. The highest BCUT2D eigenvalue weighted by Crippen LogP contribution is 2.21. The predicted octanol–water partition coefficient (Wildman–Crippen LogP) is 2.52. The van der Waals surface area contributed by atoms with Gasteiger partial charge in [0, 0.05) is 14.1 Å². The predicted molar refractivity (Wildman–Crippen MR) is 97.6 cm³/mol. The Kier molecular flexibility index (Phi) is 6.53. The van der Waals surface area contributed by atoms with Gasteiger partial charge in [0.25, 0.3) is 5.91 Å². The van der Waals surface area contributed by atoms with E-state index < -0.39 is 39.9 Å². The minimum atomic E-state index is -3.86. The van der Waals surface area contributed by atoms with Crippen molar-refractivity contribution in [3.8, 4) is 0 Å². The van der Waals surface area contributed by atoms with Crippen LogP contribution in [0.5, 0.6) is 0 Å². The van der Waals surface area contributed by atoms with Crippen molar-refractivity contribution in [2.75, 3.05) is 26.0 Å². The summed E-state index contributed by atoms with van der Waals surface area (Å²) in [5, 5.41) is 2.73. The number of anilines is 1. The van der Waals surface area contributed by atoms with Crippen molar-refractivity contribution < 1.29 is 27.1 Å². The normalized spacial score (nSPS) is 11.3. The Morgan fingerprint density at radius 3 is 2.48 bits per heavy atom. The first-order valence-corrected chi connectivity index (χ1v) is 9.38. The van der Waals surface area contributed by atoms with Gasteiger partial charge in [0.05, 0.1) is 21.2 Å². The Balaban J connectivity index is 2.10. The third-order valence-corrected chi connectivity index (χ3v) is 5.56. The Hall–Kier alpha value is -2.49. The zero-order valence-electron chi connectivity index (χ0n) is 14.4. The van der Waals surface area contributed by atoms with Crippen LogP contribution in [0.15, 0.2) is 47.4 Å². The third kappa shape index (κ3) is 5.03. The molecule has 0 aliphatic carbocycles. The van der Waals surface area contributed by atoms with Crippen molar-refractivity contribution in [3.63, 3.8) is 0 Å². The SMILES string of the molecule is CN(C)S(=O)(=O)c1ccc(F)c(C(=O)OCC(=O)Nc2ccccc2Cl)c1. The van der Waals surface area contributed by atoms with Gasteiger partial charge in [-0.3, -0.25) is 4.79 Å². The molecule has 0 aliphatic rings. The summed E-state index contributed by atoms with van der Waals surface area (Å²) in [6.45, 7) is -0.700. The van der Waals surface area contributed by atoms with E-state index in [9.17, 15) is 22.4 Å². The van der Waals surface area contributed by atoms with Crippen LogP contribution in [0, 0.1) is 5.82 Å². The number of benzene rings is 2. The number of carbonyl (C=O) groups is 2. The number of hydrogen-bond acceptors (Lipinski definition) is 5. The van der Waals surface area contributed by atoms with E-state index in [0.717, 1.165) is 22.5 Å². The number of amides is 1. The van der Waals surface area contributed by atoms with Crippen LogP contribution in [0.2, 0.25) is 5.02 Å². The molecule has 0 spiro atoms. The molecular weight excluding hydrogens is 399 g/mol. The minimum Gasteiger partial charge on any atom is -0.452 e. The van der Waals surface area contributed by atoms with Gasteiger partial charge < -0.3 is 10.1 Å². The van der Waals surface area contributed by atoms with E-state index in [-0.39, 0.29) is 4.90 Å². The number of esters is 1. The minimum absolute atomic E-state index is 0.277. The topological polar surface area (TPSA) is 92.8 Å². The van der Waals surface area contributed by atoms with Crippen LogP contribution < -0.4 is 5.32 Å². The average Bonchev–Trinajstić information content (AvgIpc) is 2.61. The highest BCUT2D eigenvalue weighted by atomic mass is 35.5. The molecule has 0 saturated carbocycles. The van der Waals surface area contributed by atoms with Gasteiger partial charge in [0.2, 0.25) is 10.0 Å². The number of sulfonamides is 1. The van der Waals surface area contributed by atoms with E-state index in [1.807, 2.05) is 0 Å². The molecule has 0 fully saturated rings. The van der Waals surface area contributed by atoms with E-state index in [1.54, 1.807) is 24.3 Å². The van der Waals surface area contributed by atoms with Crippen LogP contribution in [0.1, 0.15) is 10.4 Å². The number of nitrogens with one attached hydrogen (secondary N) is 1. The molecule has 0 aliphatic heterocycles. The van der Waals surface area contributed by atoms with Gasteiger partial charge in [-0.25, -0.2) is 21.9 Å². The summed E-state index contributed by atoms with van der Waals surface area (Å²) in [5.41, 5.74) is -0.270. The second kappa shape index (κ2) is 8.47. The van der Waals surface area contributed by atoms with E-state index in [2.05, 4.69) is 5.32 Å². The van der Waals surface area contributed by atoms with Crippen LogP contribution in [-0.4, -0.2) is 45.3 Å². The molecule has 0 saturated heterocycles. The van der Waals surface area contributed by atoms with Crippen molar-refractivity contribution in [1.29, 1.82) is 0 Å². The molecule has 2 rings (SSSR count). The maximum absolute atomic E-state index is 13.9. The Bertz CT molecular complexity index is 979. The summed E-state index contributed by atoms with van der Waals surface area (Å²) >= 11 is 5.90. The second-order valence-electron chi connectivity index (χ2n) is 5.53. The van der Waals surface area contributed by atoms with Gasteiger partial charge in [-0.1, -0.05) is 23.7 Å². The Morgan fingerprint density at radius 1 is 1.19 bits per heavy atom. The molecule has 1 N–H and O–H groups in total. The van der Waals surface area contributed by atoms with Crippen LogP contribution in [-0.2, 0) is 19.6 Å². The van der Waals surface area contributed by atoms with E-state index in [4.69, 9.17) is 16.3 Å². The van der Waals surface area contributed by atoms with E-state index >= 15 is 0 Å². The lowest BCUT2D eigenvalue weighted by Crippen LogP contribution is -2.24. The van der Waals surface area contributed by atoms with E-state index in [0.29, 0.717) is 10.7 Å². The number of hydrogen-bond donors (Lipinski definition) is 1. The molecule has 0 radical (unpaired) electrons. The lowest BCUT2D eigenvalue weighted by Gasteiger charge is -2.12. The standard InChI is InChI=1S/C17H16ClFN2O5S/c1-21(2)27(24,25)11-7-8-14(19)12(9-11)17(23)26-10-16(22)20-15-6-4-3-5-13(15)18/h3-9H,10H2,1-2H3,(H,20,22). The second-order valence-corrected chi connectivity index (χ2v) is 8.09. The number of carbonyl (C=O) groups excluding carboxylic acids is 2. The van der Waals surface area contributed by atoms with Gasteiger partial charge in [-0.05, 0) is 30.3 Å². The smallest absolute Gasteiger partial charge is 0.341 e. The fraction of sp³-hybridized carbons (Fsp3) is 0.176. The number of halogens is 2. The molecule has 0 bridgehead atoms. The number of rotatable bonds is 6. The molecule has 0 unspecified atom stereocenters. The number of nitrogens with zero attached hydrogens (tertiary/aromatic N) is 1. The zero-order valence-corrected chi connectivity index (χ0v) is 16.0. The highest BCUT2D eigenvalue weighted by molar-refractivity contribution is 7.89. The van der Waals surface area contributed by atoms with Crippen LogP contribution in [0.25, 0.3) is 0 Å². The summed E-state index contributed by atoms with van der Waals surface area (Å²) in [6.07, 6.45) is 0. The van der Waals surface area contributed by atoms with Crippen molar-refractivity contribution in [2.24, 2.45) is 0 Å². The molecule has 27 heavy (non-hydrogen) atoms. The molecule has 2 aromatic carbocycles. The van der Waals surface area contributed by atoms with Gasteiger partial charge in [0.15, 0.2) is 6.61 Å². The van der Waals surface area contributed by atoms with Gasteiger partial charge >= 0.3 is 5.97 Å². The lowest BCUT2D eigenvalue weighted by molar-refractivity contribution is -0.119. The molecular formula is C17H16ClFN2O5S. The van der Waals surface area contributed by atoms with Gasteiger partial charge in [0.1, 0.15) is 5.82 Å². The van der Waals surface area contributed by atoms with Crippen molar-refractivity contribution in [2.45, 2.75) is 4.90 Å².